The van der Waals surface area contributed by atoms with E-state index in [1.54, 1.807) is 6.20 Å². The van der Waals surface area contributed by atoms with Crippen LogP contribution in [0.1, 0.15) is 11.7 Å². The van der Waals surface area contributed by atoms with Crippen molar-refractivity contribution in [2.24, 2.45) is 0 Å². The number of benzene rings is 1. The molecule has 1 aromatic heterocycles. The molecule has 1 unspecified atom stereocenters. The molecule has 16 heavy (non-hydrogen) atoms. The van der Waals surface area contributed by atoms with Crippen molar-refractivity contribution < 1.29 is 5.11 Å². The van der Waals surface area contributed by atoms with Crippen LogP contribution in [0.2, 0.25) is 0 Å². The fraction of sp³-hybridized carbons (Fsp3) is 0.182. The lowest BCUT2D eigenvalue weighted by atomic mass is 10.1. The average molecular weight is 218 g/mol. The molecule has 0 aliphatic heterocycles. The first-order chi connectivity index (χ1) is 7.77. The van der Waals surface area contributed by atoms with E-state index in [1.165, 1.54) is 0 Å². The summed E-state index contributed by atoms with van der Waals surface area (Å²) in [6.45, 7) is 0.397. The molecule has 84 valence electrons. The minimum Gasteiger partial charge on any atom is -0.387 e. The third-order valence-electron chi connectivity index (χ3n) is 2.34. The highest BCUT2D eigenvalue weighted by Gasteiger charge is 2.07. The molecule has 2 aromatic rings. The van der Waals surface area contributed by atoms with Crippen molar-refractivity contribution >= 4 is 11.5 Å². The Morgan fingerprint density at radius 2 is 2.12 bits per heavy atom. The largest absolute Gasteiger partial charge is 0.387 e. The van der Waals surface area contributed by atoms with Crippen molar-refractivity contribution in [1.29, 1.82) is 0 Å². The normalized spacial score (nSPS) is 12.3. The first kappa shape index (κ1) is 10.5. The van der Waals surface area contributed by atoms with Gasteiger partial charge in [-0.05, 0) is 5.56 Å². The van der Waals surface area contributed by atoms with E-state index in [-0.39, 0.29) is 0 Å². The summed E-state index contributed by atoms with van der Waals surface area (Å²) in [4.78, 5) is 0. The van der Waals surface area contributed by atoms with Gasteiger partial charge in [-0.15, -0.1) is 0 Å². The monoisotopic (exact) mass is 218 g/mol. The van der Waals surface area contributed by atoms with E-state index in [2.05, 4.69) is 15.5 Å². The molecule has 0 fully saturated rings. The van der Waals surface area contributed by atoms with Gasteiger partial charge in [0, 0.05) is 6.54 Å². The highest BCUT2D eigenvalue weighted by atomic mass is 16.3. The van der Waals surface area contributed by atoms with Crippen LogP contribution < -0.4 is 11.1 Å². The van der Waals surface area contributed by atoms with Gasteiger partial charge >= 0.3 is 0 Å². The van der Waals surface area contributed by atoms with Gasteiger partial charge in [0.2, 0.25) is 0 Å². The third-order valence-corrected chi connectivity index (χ3v) is 2.34. The van der Waals surface area contributed by atoms with Gasteiger partial charge in [0.25, 0.3) is 0 Å². The van der Waals surface area contributed by atoms with Crippen LogP contribution in [-0.2, 0) is 0 Å². The Hall–Kier alpha value is -2.01. The quantitative estimate of drug-likeness (QED) is 0.619. The summed E-state index contributed by atoms with van der Waals surface area (Å²) in [7, 11) is 0. The Morgan fingerprint density at radius 3 is 2.75 bits per heavy atom. The second kappa shape index (κ2) is 4.67. The van der Waals surface area contributed by atoms with Crippen LogP contribution in [0.5, 0.6) is 0 Å². The molecule has 0 aliphatic rings. The molecule has 5 N–H and O–H groups in total. The van der Waals surface area contributed by atoms with Crippen molar-refractivity contribution in [1.82, 2.24) is 10.2 Å². The van der Waals surface area contributed by atoms with Crippen molar-refractivity contribution in [3.8, 4) is 0 Å². The molecule has 1 heterocycles. The Labute approximate surface area is 93.3 Å². The number of aromatic amines is 1. The molecule has 2 rings (SSSR count). The first-order valence-corrected chi connectivity index (χ1v) is 5.03. The highest BCUT2D eigenvalue weighted by Crippen LogP contribution is 2.16. The predicted molar refractivity (Wildman–Crippen MR) is 62.9 cm³/mol. The van der Waals surface area contributed by atoms with Gasteiger partial charge in [0.1, 0.15) is 5.82 Å². The number of H-pyrrole nitrogens is 1. The fourth-order valence-electron chi connectivity index (χ4n) is 1.44. The second-order valence-corrected chi connectivity index (χ2v) is 3.50. The summed E-state index contributed by atoms with van der Waals surface area (Å²) in [5, 5.41) is 19.3. The minimum absolute atomic E-state index is 0.397. The van der Waals surface area contributed by atoms with Crippen LogP contribution in [0.4, 0.5) is 11.5 Å². The summed E-state index contributed by atoms with van der Waals surface area (Å²) in [6, 6.07) is 9.46. The predicted octanol–water partition coefficient (Wildman–Crippen LogP) is 1.14. The zero-order valence-electron chi connectivity index (χ0n) is 8.72. The summed E-state index contributed by atoms with van der Waals surface area (Å²) in [5.41, 5.74) is 7.18. The van der Waals surface area contributed by atoms with Crippen LogP contribution in [0, 0.1) is 0 Å². The standard InChI is InChI=1S/C11H14N4O/c12-11-9(6-14-15-11)13-7-10(16)8-4-2-1-3-5-8/h1-6,10,13,16H,7H2,(H3,12,14,15). The van der Waals surface area contributed by atoms with Crippen molar-refractivity contribution in [2.75, 3.05) is 17.6 Å². The average Bonchev–Trinajstić information content (AvgIpc) is 2.73. The van der Waals surface area contributed by atoms with Crippen LogP contribution in [0.15, 0.2) is 36.5 Å². The van der Waals surface area contributed by atoms with E-state index >= 15 is 0 Å². The number of hydrogen-bond donors (Lipinski definition) is 4. The van der Waals surface area contributed by atoms with Gasteiger partial charge in [0.05, 0.1) is 18.0 Å². The van der Waals surface area contributed by atoms with Gasteiger partial charge in [-0.2, -0.15) is 5.10 Å². The highest BCUT2D eigenvalue weighted by molar-refractivity contribution is 5.60. The number of aromatic nitrogens is 2. The number of nitrogen functional groups attached to an aromatic ring is 1. The molecule has 0 bridgehead atoms. The lowest BCUT2D eigenvalue weighted by Crippen LogP contribution is -2.12. The summed E-state index contributed by atoms with van der Waals surface area (Å²) in [6.07, 6.45) is 1.03. The van der Waals surface area contributed by atoms with Crippen molar-refractivity contribution in [2.45, 2.75) is 6.10 Å². The zero-order chi connectivity index (χ0) is 11.4. The van der Waals surface area contributed by atoms with E-state index in [1.807, 2.05) is 30.3 Å². The van der Waals surface area contributed by atoms with Crippen molar-refractivity contribution in [3.05, 3.63) is 42.1 Å². The molecule has 5 heteroatoms. The maximum absolute atomic E-state index is 9.88. The van der Waals surface area contributed by atoms with Gasteiger partial charge in [0.15, 0.2) is 0 Å². The van der Waals surface area contributed by atoms with Crippen LogP contribution in [0.25, 0.3) is 0 Å². The molecule has 0 aliphatic carbocycles. The maximum atomic E-state index is 9.88. The summed E-state index contributed by atoms with van der Waals surface area (Å²) in [5.74, 6) is 0.472. The molecule has 1 aromatic carbocycles. The molecular weight excluding hydrogens is 204 g/mol. The number of anilines is 2. The second-order valence-electron chi connectivity index (χ2n) is 3.50. The number of nitrogens with one attached hydrogen (secondary N) is 2. The Kier molecular flexibility index (Phi) is 3.07. The number of aliphatic hydroxyl groups excluding tert-OH is 1. The molecule has 0 saturated carbocycles. The van der Waals surface area contributed by atoms with Crippen molar-refractivity contribution in [3.63, 3.8) is 0 Å². The number of nitrogens with two attached hydrogens (primary N) is 1. The van der Waals surface area contributed by atoms with Crippen LogP contribution >= 0.6 is 0 Å². The zero-order valence-corrected chi connectivity index (χ0v) is 8.72. The van der Waals surface area contributed by atoms with E-state index < -0.39 is 6.10 Å². The lowest BCUT2D eigenvalue weighted by molar-refractivity contribution is 0.191. The molecule has 0 spiro atoms. The number of nitrogens with zero attached hydrogens (tertiary/aromatic N) is 1. The van der Waals surface area contributed by atoms with Crippen LogP contribution in [-0.4, -0.2) is 21.8 Å². The van der Waals surface area contributed by atoms with Crippen LogP contribution in [0.3, 0.4) is 0 Å². The number of aliphatic hydroxyl groups is 1. The van der Waals surface area contributed by atoms with Gasteiger partial charge in [-0.25, -0.2) is 0 Å². The minimum atomic E-state index is -0.560. The molecule has 0 saturated heterocycles. The lowest BCUT2D eigenvalue weighted by Gasteiger charge is -2.12. The van der Waals surface area contributed by atoms with E-state index in [0.717, 1.165) is 5.56 Å². The van der Waals surface area contributed by atoms with E-state index in [0.29, 0.717) is 18.1 Å². The Morgan fingerprint density at radius 1 is 1.38 bits per heavy atom. The smallest absolute Gasteiger partial charge is 0.142 e. The Bertz CT molecular complexity index is 440. The molecule has 0 amide bonds. The molecule has 0 radical (unpaired) electrons. The SMILES string of the molecule is Nc1[nH]ncc1NCC(O)c1ccccc1. The first-order valence-electron chi connectivity index (χ1n) is 5.03. The van der Waals surface area contributed by atoms with E-state index in [9.17, 15) is 5.11 Å². The Balaban J connectivity index is 1.94. The van der Waals surface area contributed by atoms with Gasteiger partial charge in [-0.3, -0.25) is 5.10 Å². The number of rotatable bonds is 4. The molecule has 1 atom stereocenters. The summed E-state index contributed by atoms with van der Waals surface area (Å²) < 4.78 is 0. The fourth-order valence-corrected chi connectivity index (χ4v) is 1.44. The van der Waals surface area contributed by atoms with Gasteiger partial charge < -0.3 is 16.2 Å². The molecular formula is C11H14N4O. The number of hydrogen-bond acceptors (Lipinski definition) is 4. The summed E-state index contributed by atoms with van der Waals surface area (Å²) >= 11 is 0. The van der Waals surface area contributed by atoms with Gasteiger partial charge in [-0.1, -0.05) is 30.3 Å². The van der Waals surface area contributed by atoms with E-state index in [4.69, 9.17) is 5.73 Å². The topological polar surface area (TPSA) is 87.0 Å². The maximum Gasteiger partial charge on any atom is 0.142 e. The molecule has 5 nitrogen and oxygen atoms in total. The third kappa shape index (κ3) is 2.32.